The lowest BCUT2D eigenvalue weighted by Crippen LogP contribution is -2.55. The minimum Gasteiger partial charge on any atom is -0.379 e. The zero-order valence-corrected chi connectivity index (χ0v) is 13.1. The van der Waals surface area contributed by atoms with Crippen molar-refractivity contribution in [3.63, 3.8) is 0 Å². The number of methoxy groups -OCH3 is 1. The highest BCUT2D eigenvalue weighted by Crippen LogP contribution is 2.20. The maximum absolute atomic E-state index is 5.89. The molecular weight excluding hydrogens is 242 g/mol. The topological polar surface area (TPSA) is 59.8 Å². The van der Waals surface area contributed by atoms with Gasteiger partial charge in [0.2, 0.25) is 0 Å². The summed E-state index contributed by atoms with van der Waals surface area (Å²) in [5, 5.41) is 0. The van der Waals surface area contributed by atoms with E-state index in [1.54, 1.807) is 7.11 Å². The van der Waals surface area contributed by atoms with Gasteiger partial charge in [0.25, 0.3) is 0 Å². The van der Waals surface area contributed by atoms with Crippen LogP contribution in [0.5, 0.6) is 0 Å². The van der Waals surface area contributed by atoms with Crippen molar-refractivity contribution in [3.8, 4) is 0 Å². The molecule has 1 heterocycles. The second-order valence-electron chi connectivity index (χ2n) is 6.27. The van der Waals surface area contributed by atoms with Crippen LogP contribution in [0.3, 0.4) is 0 Å². The maximum atomic E-state index is 5.89. The monoisotopic (exact) mass is 273 g/mol. The predicted molar refractivity (Wildman–Crippen MR) is 77.9 cm³/mol. The molecule has 2 atom stereocenters. The van der Waals surface area contributed by atoms with Crippen molar-refractivity contribution in [1.82, 2.24) is 10.3 Å². The molecule has 1 rings (SSSR count). The van der Waals surface area contributed by atoms with Crippen LogP contribution in [0.1, 0.15) is 40.5 Å². The summed E-state index contributed by atoms with van der Waals surface area (Å²) in [5.74, 6) is 5.71. The van der Waals surface area contributed by atoms with Gasteiger partial charge in [-0.2, -0.15) is 0 Å². The van der Waals surface area contributed by atoms with Crippen LogP contribution in [0.2, 0.25) is 0 Å². The molecule has 5 heteroatoms. The quantitative estimate of drug-likeness (QED) is 0.538. The number of rotatable bonds is 7. The van der Waals surface area contributed by atoms with Crippen LogP contribution in [0.4, 0.5) is 0 Å². The van der Waals surface area contributed by atoms with Crippen LogP contribution in [0, 0.1) is 0 Å². The molecule has 19 heavy (non-hydrogen) atoms. The molecule has 1 fully saturated rings. The molecule has 0 spiro atoms. The summed E-state index contributed by atoms with van der Waals surface area (Å²) in [7, 11) is 1.75. The molecule has 1 aliphatic rings. The van der Waals surface area contributed by atoms with Crippen molar-refractivity contribution in [2.45, 2.75) is 64.3 Å². The molecule has 5 nitrogen and oxygen atoms in total. The smallest absolute Gasteiger partial charge is 0.0868 e. The van der Waals surface area contributed by atoms with Gasteiger partial charge in [-0.15, -0.1) is 0 Å². The Labute approximate surface area is 117 Å². The van der Waals surface area contributed by atoms with Gasteiger partial charge < -0.3 is 9.47 Å². The second-order valence-corrected chi connectivity index (χ2v) is 6.27. The third-order valence-electron chi connectivity index (χ3n) is 4.13. The fraction of sp³-hybridized carbons (Fsp3) is 1.00. The van der Waals surface area contributed by atoms with Gasteiger partial charge in [0, 0.05) is 32.3 Å². The van der Waals surface area contributed by atoms with Gasteiger partial charge in [-0.3, -0.25) is 16.2 Å². The minimum absolute atomic E-state index is 0.110. The van der Waals surface area contributed by atoms with Crippen LogP contribution in [-0.4, -0.2) is 55.5 Å². The van der Waals surface area contributed by atoms with E-state index in [4.69, 9.17) is 15.3 Å². The first-order valence-electron chi connectivity index (χ1n) is 7.26. The van der Waals surface area contributed by atoms with Gasteiger partial charge in [-0.25, -0.2) is 0 Å². The summed E-state index contributed by atoms with van der Waals surface area (Å²) >= 11 is 0. The second kappa shape index (κ2) is 7.55. The van der Waals surface area contributed by atoms with E-state index in [0.29, 0.717) is 6.04 Å². The zero-order valence-electron chi connectivity index (χ0n) is 13.1. The van der Waals surface area contributed by atoms with Crippen LogP contribution in [0.15, 0.2) is 0 Å². The summed E-state index contributed by atoms with van der Waals surface area (Å²) < 4.78 is 11.3. The average molecular weight is 273 g/mol. The normalized spacial score (nSPS) is 23.8. The molecule has 2 unspecified atom stereocenters. The van der Waals surface area contributed by atoms with E-state index < -0.39 is 0 Å². The molecule has 0 aromatic carbocycles. The first-order valence-corrected chi connectivity index (χ1v) is 7.26. The third-order valence-corrected chi connectivity index (χ3v) is 4.13. The number of nitrogens with one attached hydrogen (secondary N) is 1. The number of ether oxygens (including phenoxy) is 2. The lowest BCUT2D eigenvalue weighted by Gasteiger charge is -2.39. The summed E-state index contributed by atoms with van der Waals surface area (Å²) in [5.41, 5.74) is 2.81. The Kier molecular flexibility index (Phi) is 6.69. The van der Waals surface area contributed by atoms with Crippen molar-refractivity contribution in [3.05, 3.63) is 0 Å². The fourth-order valence-electron chi connectivity index (χ4n) is 2.39. The number of hydrogen-bond donors (Lipinski definition) is 2. The Morgan fingerprint density at radius 2 is 2.16 bits per heavy atom. The third kappa shape index (κ3) is 5.36. The van der Waals surface area contributed by atoms with Crippen molar-refractivity contribution >= 4 is 0 Å². The van der Waals surface area contributed by atoms with E-state index in [1.807, 2.05) is 0 Å². The van der Waals surface area contributed by atoms with Crippen molar-refractivity contribution in [1.29, 1.82) is 0 Å². The standard InChI is InChI=1S/C14H31N3O2/c1-11(2)17-8-9-19-13(10-17)12(16-15)6-7-14(3,4)18-5/h11-13,16H,6-10,15H2,1-5H3. The minimum atomic E-state index is -0.110. The maximum Gasteiger partial charge on any atom is 0.0868 e. The van der Waals surface area contributed by atoms with Crippen LogP contribution in [-0.2, 0) is 9.47 Å². The molecule has 0 saturated carbocycles. The molecule has 0 bridgehead atoms. The summed E-state index contributed by atoms with van der Waals surface area (Å²) in [6, 6.07) is 0.733. The summed E-state index contributed by atoms with van der Waals surface area (Å²) in [6.45, 7) is 11.4. The van der Waals surface area contributed by atoms with Crippen LogP contribution in [0.25, 0.3) is 0 Å². The van der Waals surface area contributed by atoms with E-state index in [0.717, 1.165) is 32.5 Å². The predicted octanol–water partition coefficient (Wildman–Crippen LogP) is 1.13. The van der Waals surface area contributed by atoms with Crippen molar-refractivity contribution in [2.24, 2.45) is 5.84 Å². The lowest BCUT2D eigenvalue weighted by atomic mass is 9.95. The van der Waals surface area contributed by atoms with Gasteiger partial charge in [-0.05, 0) is 40.5 Å². The van der Waals surface area contributed by atoms with Crippen molar-refractivity contribution in [2.75, 3.05) is 26.8 Å². The molecule has 0 radical (unpaired) electrons. The largest absolute Gasteiger partial charge is 0.379 e. The van der Waals surface area contributed by atoms with Crippen LogP contribution >= 0.6 is 0 Å². The Morgan fingerprint density at radius 3 is 2.68 bits per heavy atom. The van der Waals surface area contributed by atoms with Gasteiger partial charge >= 0.3 is 0 Å². The number of hydrogen-bond acceptors (Lipinski definition) is 5. The summed E-state index contributed by atoms with van der Waals surface area (Å²) in [6.07, 6.45) is 2.07. The summed E-state index contributed by atoms with van der Waals surface area (Å²) in [4.78, 5) is 2.44. The molecule has 0 aliphatic carbocycles. The molecule has 114 valence electrons. The van der Waals surface area contributed by atoms with E-state index >= 15 is 0 Å². The Bertz CT molecular complexity index is 259. The molecular formula is C14H31N3O2. The first kappa shape index (κ1) is 16.9. The highest BCUT2D eigenvalue weighted by atomic mass is 16.5. The van der Waals surface area contributed by atoms with Crippen molar-refractivity contribution < 1.29 is 9.47 Å². The number of morpholine rings is 1. The number of nitrogens with zero attached hydrogens (tertiary/aromatic N) is 1. The molecule has 1 aliphatic heterocycles. The highest BCUT2D eigenvalue weighted by molar-refractivity contribution is 4.84. The molecule has 3 N–H and O–H groups in total. The molecule has 0 amide bonds. The van der Waals surface area contributed by atoms with Crippen LogP contribution < -0.4 is 11.3 Å². The highest BCUT2D eigenvalue weighted by Gasteiger charge is 2.30. The average Bonchev–Trinajstić information content (AvgIpc) is 2.39. The SMILES string of the molecule is COC(C)(C)CCC(NN)C1CN(C(C)C)CCO1. The fourth-order valence-corrected chi connectivity index (χ4v) is 2.39. The van der Waals surface area contributed by atoms with E-state index in [2.05, 4.69) is 38.0 Å². The van der Waals surface area contributed by atoms with Gasteiger partial charge in [0.15, 0.2) is 0 Å². The Morgan fingerprint density at radius 1 is 1.47 bits per heavy atom. The molecule has 0 aromatic heterocycles. The number of hydrazine groups is 1. The van der Waals surface area contributed by atoms with E-state index in [-0.39, 0.29) is 17.7 Å². The number of nitrogens with two attached hydrogens (primary N) is 1. The molecule has 0 aromatic rings. The van der Waals surface area contributed by atoms with Gasteiger partial charge in [0.05, 0.1) is 18.3 Å². The first-order chi connectivity index (χ1) is 8.89. The van der Waals surface area contributed by atoms with E-state index in [9.17, 15) is 0 Å². The lowest BCUT2D eigenvalue weighted by molar-refractivity contribution is -0.0616. The Balaban J connectivity index is 2.49. The molecule has 1 saturated heterocycles. The Hall–Kier alpha value is -0.200. The zero-order chi connectivity index (χ0) is 14.5. The van der Waals surface area contributed by atoms with Gasteiger partial charge in [0.1, 0.15) is 0 Å². The van der Waals surface area contributed by atoms with Gasteiger partial charge in [-0.1, -0.05) is 0 Å². The van der Waals surface area contributed by atoms with E-state index in [1.165, 1.54) is 0 Å².